The number of hydrogen-bond acceptors (Lipinski definition) is 5. The average molecular weight is 276 g/mol. The maximum Gasteiger partial charge on any atom is 0.251 e. The van der Waals surface area contributed by atoms with E-state index >= 15 is 0 Å². The number of amides is 1. The molecule has 0 unspecified atom stereocenters. The van der Waals surface area contributed by atoms with Gasteiger partial charge in [0.25, 0.3) is 5.91 Å². The van der Waals surface area contributed by atoms with Crippen molar-refractivity contribution >= 4 is 22.9 Å². The first-order chi connectivity index (χ1) is 9.11. The molecule has 0 aliphatic rings. The van der Waals surface area contributed by atoms with Crippen molar-refractivity contribution in [3.05, 3.63) is 45.4 Å². The molecule has 2 rings (SSSR count). The Morgan fingerprint density at radius 1 is 1.42 bits per heavy atom. The molecule has 0 bridgehead atoms. The predicted molar refractivity (Wildman–Crippen MR) is 77.0 cm³/mol. The summed E-state index contributed by atoms with van der Waals surface area (Å²) in [6, 6.07) is 5.38. The summed E-state index contributed by atoms with van der Waals surface area (Å²) in [7, 11) is 0. The fourth-order valence-corrected chi connectivity index (χ4v) is 2.48. The van der Waals surface area contributed by atoms with E-state index in [0.717, 1.165) is 21.8 Å². The summed E-state index contributed by atoms with van der Waals surface area (Å²) in [5.41, 5.74) is 7.62. The molecule has 1 amide bonds. The van der Waals surface area contributed by atoms with Crippen LogP contribution in [0.15, 0.2) is 23.7 Å². The molecule has 0 saturated carbocycles. The number of rotatable bonds is 4. The number of thiazole rings is 1. The molecule has 19 heavy (non-hydrogen) atoms. The Labute approximate surface area is 115 Å². The molecular weight excluding hydrogens is 260 g/mol. The van der Waals surface area contributed by atoms with Crippen LogP contribution in [-0.2, 0) is 6.54 Å². The first kappa shape index (κ1) is 13.5. The minimum atomic E-state index is -0.0890. The summed E-state index contributed by atoms with van der Waals surface area (Å²) in [5.74, 6) is 5.24. The Balaban J connectivity index is 2.06. The van der Waals surface area contributed by atoms with E-state index in [0.29, 0.717) is 12.1 Å². The molecule has 0 aliphatic carbocycles. The molecule has 1 heterocycles. The number of hydrogen-bond donors (Lipinski definition) is 3. The third kappa shape index (κ3) is 3.10. The van der Waals surface area contributed by atoms with Gasteiger partial charge in [-0.1, -0.05) is 0 Å². The lowest BCUT2D eigenvalue weighted by Gasteiger charge is -2.09. The lowest BCUT2D eigenvalue weighted by molar-refractivity contribution is 0.0950. The van der Waals surface area contributed by atoms with Crippen molar-refractivity contribution in [2.45, 2.75) is 20.4 Å². The van der Waals surface area contributed by atoms with Gasteiger partial charge >= 0.3 is 0 Å². The van der Waals surface area contributed by atoms with Crippen LogP contribution in [0.3, 0.4) is 0 Å². The van der Waals surface area contributed by atoms with Crippen LogP contribution in [0, 0.1) is 13.8 Å². The third-order valence-electron chi connectivity index (χ3n) is 2.89. The SMILES string of the molecule is Cc1cc(NN)ccc1C(=O)NCc1scnc1C. The van der Waals surface area contributed by atoms with Crippen LogP contribution in [0.2, 0.25) is 0 Å². The van der Waals surface area contributed by atoms with Gasteiger partial charge in [-0.3, -0.25) is 10.6 Å². The molecule has 4 N–H and O–H groups in total. The lowest BCUT2D eigenvalue weighted by Crippen LogP contribution is -2.23. The third-order valence-corrected chi connectivity index (χ3v) is 3.83. The molecule has 0 spiro atoms. The first-order valence-electron chi connectivity index (χ1n) is 5.86. The van der Waals surface area contributed by atoms with Crippen molar-refractivity contribution in [2.75, 3.05) is 5.43 Å². The minimum absolute atomic E-state index is 0.0890. The van der Waals surface area contributed by atoms with Gasteiger partial charge in [-0.15, -0.1) is 11.3 Å². The van der Waals surface area contributed by atoms with Crippen LogP contribution in [0.5, 0.6) is 0 Å². The minimum Gasteiger partial charge on any atom is -0.347 e. The highest BCUT2D eigenvalue weighted by Crippen LogP contribution is 2.15. The molecule has 5 nitrogen and oxygen atoms in total. The number of nitrogens with zero attached hydrogens (tertiary/aromatic N) is 1. The van der Waals surface area contributed by atoms with Gasteiger partial charge in [0, 0.05) is 16.1 Å². The molecule has 0 saturated heterocycles. The average Bonchev–Trinajstić information content (AvgIpc) is 2.81. The number of nitrogens with two attached hydrogens (primary N) is 1. The Hall–Kier alpha value is -1.92. The molecular formula is C13H16N4OS. The first-order valence-corrected chi connectivity index (χ1v) is 6.74. The quantitative estimate of drug-likeness (QED) is 0.589. The van der Waals surface area contributed by atoms with Crippen LogP contribution >= 0.6 is 11.3 Å². The Bertz CT molecular complexity index is 594. The molecule has 1 aromatic carbocycles. The van der Waals surface area contributed by atoms with Gasteiger partial charge in [0.05, 0.1) is 17.7 Å². The topological polar surface area (TPSA) is 80.0 Å². The molecule has 1 aromatic heterocycles. The summed E-state index contributed by atoms with van der Waals surface area (Å²) < 4.78 is 0. The smallest absolute Gasteiger partial charge is 0.251 e. The number of aromatic nitrogens is 1. The second kappa shape index (κ2) is 5.81. The summed E-state index contributed by atoms with van der Waals surface area (Å²) in [6.45, 7) is 4.32. The molecule has 0 radical (unpaired) electrons. The molecule has 6 heteroatoms. The second-order valence-electron chi connectivity index (χ2n) is 4.22. The van der Waals surface area contributed by atoms with E-state index < -0.39 is 0 Å². The van der Waals surface area contributed by atoms with Crippen molar-refractivity contribution in [1.82, 2.24) is 10.3 Å². The van der Waals surface area contributed by atoms with Crippen molar-refractivity contribution < 1.29 is 4.79 Å². The zero-order chi connectivity index (χ0) is 13.8. The Morgan fingerprint density at radius 3 is 2.79 bits per heavy atom. The summed E-state index contributed by atoms with van der Waals surface area (Å²) in [4.78, 5) is 17.3. The van der Waals surface area contributed by atoms with Crippen molar-refractivity contribution in [3.8, 4) is 0 Å². The maximum atomic E-state index is 12.1. The van der Waals surface area contributed by atoms with Gasteiger partial charge in [0.2, 0.25) is 0 Å². The highest BCUT2D eigenvalue weighted by Gasteiger charge is 2.10. The van der Waals surface area contributed by atoms with Crippen LogP contribution in [0.25, 0.3) is 0 Å². The Kier molecular flexibility index (Phi) is 4.13. The summed E-state index contributed by atoms with van der Waals surface area (Å²) in [6.07, 6.45) is 0. The lowest BCUT2D eigenvalue weighted by atomic mass is 10.1. The highest BCUT2D eigenvalue weighted by molar-refractivity contribution is 7.09. The van der Waals surface area contributed by atoms with Crippen LogP contribution in [0.1, 0.15) is 26.5 Å². The number of nitrogen functional groups attached to an aromatic ring is 1. The molecule has 0 atom stereocenters. The van der Waals surface area contributed by atoms with Crippen molar-refractivity contribution in [3.63, 3.8) is 0 Å². The number of hydrazine groups is 1. The predicted octanol–water partition coefficient (Wildman–Crippen LogP) is 1.98. The van der Waals surface area contributed by atoms with E-state index in [4.69, 9.17) is 5.84 Å². The fraction of sp³-hybridized carbons (Fsp3) is 0.231. The summed E-state index contributed by atoms with van der Waals surface area (Å²) in [5, 5.41) is 2.90. The Morgan fingerprint density at radius 2 is 2.21 bits per heavy atom. The molecule has 100 valence electrons. The van der Waals surface area contributed by atoms with Gasteiger partial charge < -0.3 is 10.7 Å². The van der Waals surface area contributed by atoms with E-state index in [1.807, 2.05) is 19.9 Å². The number of nitrogens with one attached hydrogen (secondary N) is 2. The number of carbonyl (C=O) groups excluding carboxylic acids is 1. The van der Waals surface area contributed by atoms with E-state index in [1.165, 1.54) is 0 Å². The number of carbonyl (C=O) groups is 1. The number of benzene rings is 1. The largest absolute Gasteiger partial charge is 0.347 e. The molecule has 0 aliphatic heterocycles. The van der Waals surface area contributed by atoms with Crippen LogP contribution in [-0.4, -0.2) is 10.9 Å². The van der Waals surface area contributed by atoms with Gasteiger partial charge in [-0.05, 0) is 37.6 Å². The van der Waals surface area contributed by atoms with Gasteiger partial charge in [0.1, 0.15) is 0 Å². The second-order valence-corrected chi connectivity index (χ2v) is 5.16. The monoisotopic (exact) mass is 276 g/mol. The van der Waals surface area contributed by atoms with Gasteiger partial charge in [0.15, 0.2) is 0 Å². The molecule has 0 fully saturated rings. The van der Waals surface area contributed by atoms with Crippen LogP contribution < -0.4 is 16.6 Å². The number of anilines is 1. The van der Waals surface area contributed by atoms with Gasteiger partial charge in [-0.25, -0.2) is 4.98 Å². The van der Waals surface area contributed by atoms with E-state index in [2.05, 4.69) is 15.7 Å². The van der Waals surface area contributed by atoms with Crippen molar-refractivity contribution in [1.29, 1.82) is 0 Å². The van der Waals surface area contributed by atoms with E-state index in [9.17, 15) is 4.79 Å². The van der Waals surface area contributed by atoms with E-state index in [1.54, 1.807) is 29.0 Å². The van der Waals surface area contributed by atoms with Gasteiger partial charge in [-0.2, -0.15) is 0 Å². The standard InChI is InChI=1S/C13H16N4OS/c1-8-5-10(17-14)3-4-11(8)13(18)15-6-12-9(2)16-7-19-12/h3-5,7,17H,6,14H2,1-2H3,(H,15,18). The zero-order valence-corrected chi connectivity index (χ0v) is 11.7. The fourth-order valence-electron chi connectivity index (χ4n) is 1.76. The number of aryl methyl sites for hydroxylation is 2. The van der Waals surface area contributed by atoms with E-state index in [-0.39, 0.29) is 5.91 Å². The summed E-state index contributed by atoms with van der Waals surface area (Å²) >= 11 is 1.54. The zero-order valence-electron chi connectivity index (χ0n) is 10.9. The van der Waals surface area contributed by atoms with Crippen molar-refractivity contribution in [2.24, 2.45) is 5.84 Å². The molecule has 2 aromatic rings. The normalized spacial score (nSPS) is 10.3. The van der Waals surface area contributed by atoms with Crippen LogP contribution in [0.4, 0.5) is 5.69 Å². The highest BCUT2D eigenvalue weighted by atomic mass is 32.1. The maximum absolute atomic E-state index is 12.1.